The largest absolute Gasteiger partial charge is 0.504 e. The van der Waals surface area contributed by atoms with Crippen molar-refractivity contribution in [2.24, 2.45) is 0 Å². The number of hydrogen-bond donors (Lipinski definition) is 2. The lowest BCUT2D eigenvalue weighted by molar-refractivity contribution is -0.385. The third-order valence-corrected chi connectivity index (χ3v) is 4.50. The topological polar surface area (TPSA) is 119 Å². The molecule has 0 radical (unpaired) electrons. The predicted octanol–water partition coefficient (Wildman–Crippen LogP) is 2.42. The minimum absolute atomic E-state index is 0.103. The van der Waals surface area contributed by atoms with Gasteiger partial charge in [0.25, 0.3) is 15.7 Å². The van der Waals surface area contributed by atoms with Gasteiger partial charge in [-0.15, -0.1) is 0 Å². The van der Waals surface area contributed by atoms with E-state index in [0.29, 0.717) is 5.56 Å². The van der Waals surface area contributed by atoms with Crippen molar-refractivity contribution in [2.45, 2.75) is 11.8 Å². The smallest absolute Gasteiger partial charge is 0.273 e. The van der Waals surface area contributed by atoms with Crippen molar-refractivity contribution in [1.82, 2.24) is 0 Å². The number of phenolic OH excluding ortho intramolecular Hbond substituents is 1. The van der Waals surface area contributed by atoms with Gasteiger partial charge >= 0.3 is 0 Å². The Hall–Kier alpha value is -2.81. The summed E-state index contributed by atoms with van der Waals surface area (Å²) >= 11 is 0. The predicted molar refractivity (Wildman–Crippen MR) is 83.3 cm³/mol. The lowest BCUT2D eigenvalue weighted by Crippen LogP contribution is -2.13. The first-order valence-corrected chi connectivity index (χ1v) is 7.88. The molecule has 0 aliphatic heterocycles. The number of hydrogen-bond acceptors (Lipinski definition) is 6. The van der Waals surface area contributed by atoms with Crippen molar-refractivity contribution < 1.29 is 23.2 Å². The molecule has 0 spiro atoms. The average molecular weight is 338 g/mol. The van der Waals surface area contributed by atoms with Crippen molar-refractivity contribution in [3.05, 3.63) is 52.1 Å². The molecule has 0 fully saturated rings. The molecule has 0 saturated carbocycles. The monoisotopic (exact) mass is 338 g/mol. The second-order valence-electron chi connectivity index (χ2n) is 4.70. The van der Waals surface area contributed by atoms with Crippen molar-refractivity contribution in [1.29, 1.82) is 0 Å². The zero-order chi connectivity index (χ0) is 17.2. The number of nitrogens with one attached hydrogen (secondary N) is 1. The highest BCUT2D eigenvalue weighted by Crippen LogP contribution is 2.30. The van der Waals surface area contributed by atoms with Gasteiger partial charge in [-0.3, -0.25) is 14.8 Å². The van der Waals surface area contributed by atoms with Crippen LogP contribution in [-0.2, 0) is 10.0 Å². The Bertz CT molecular complexity index is 864. The standard InChI is InChI=1S/C14H14N2O6S/c1-9-3-5-11(8-12(9)16(18)19)23(20,21)15-10-4-6-14(22-2)13(17)7-10/h3-8,15,17H,1-2H3. The zero-order valence-corrected chi connectivity index (χ0v) is 13.1. The molecule has 122 valence electrons. The Morgan fingerprint density at radius 1 is 1.22 bits per heavy atom. The van der Waals surface area contributed by atoms with Crippen LogP contribution in [0.1, 0.15) is 5.56 Å². The lowest BCUT2D eigenvalue weighted by Gasteiger charge is -2.10. The number of ether oxygens (including phenoxy) is 1. The number of benzene rings is 2. The molecule has 0 unspecified atom stereocenters. The number of rotatable bonds is 5. The van der Waals surface area contributed by atoms with Gasteiger partial charge in [-0.1, -0.05) is 6.07 Å². The van der Waals surface area contributed by atoms with Gasteiger partial charge < -0.3 is 9.84 Å². The van der Waals surface area contributed by atoms with Crippen molar-refractivity contribution in [3.8, 4) is 11.5 Å². The maximum atomic E-state index is 12.3. The van der Waals surface area contributed by atoms with Gasteiger partial charge in [0.2, 0.25) is 0 Å². The first-order chi connectivity index (χ1) is 10.7. The quantitative estimate of drug-likeness (QED) is 0.638. The molecule has 2 aromatic rings. The Morgan fingerprint density at radius 3 is 2.48 bits per heavy atom. The molecule has 23 heavy (non-hydrogen) atoms. The van der Waals surface area contributed by atoms with Crippen LogP contribution in [0.15, 0.2) is 41.3 Å². The number of methoxy groups -OCH3 is 1. The summed E-state index contributed by atoms with van der Waals surface area (Å²) in [5.74, 6) is -0.0403. The van der Waals surface area contributed by atoms with Crippen LogP contribution in [0.4, 0.5) is 11.4 Å². The molecule has 8 nitrogen and oxygen atoms in total. The van der Waals surface area contributed by atoms with E-state index < -0.39 is 14.9 Å². The van der Waals surface area contributed by atoms with E-state index in [-0.39, 0.29) is 27.8 Å². The summed E-state index contributed by atoms with van der Waals surface area (Å²) < 4.78 is 31.7. The fourth-order valence-corrected chi connectivity index (χ4v) is 2.99. The highest BCUT2D eigenvalue weighted by molar-refractivity contribution is 7.92. The molecule has 2 aromatic carbocycles. The van der Waals surface area contributed by atoms with E-state index in [1.807, 2.05) is 0 Å². The van der Waals surface area contributed by atoms with Crippen LogP contribution in [0, 0.1) is 17.0 Å². The number of anilines is 1. The van der Waals surface area contributed by atoms with Gasteiger partial charge in [0, 0.05) is 17.7 Å². The molecular weight excluding hydrogens is 324 g/mol. The average Bonchev–Trinajstić information content (AvgIpc) is 2.47. The molecule has 0 heterocycles. The number of nitrogens with zero attached hydrogens (tertiary/aromatic N) is 1. The summed E-state index contributed by atoms with van der Waals surface area (Å²) in [6, 6.07) is 7.59. The van der Waals surface area contributed by atoms with Gasteiger partial charge in [-0.2, -0.15) is 0 Å². The fraction of sp³-hybridized carbons (Fsp3) is 0.143. The minimum atomic E-state index is -4.03. The summed E-state index contributed by atoms with van der Waals surface area (Å²) in [6.07, 6.45) is 0. The van der Waals surface area contributed by atoms with Gasteiger partial charge in [-0.25, -0.2) is 8.42 Å². The highest BCUT2D eigenvalue weighted by Gasteiger charge is 2.20. The van der Waals surface area contributed by atoms with Crippen molar-refractivity contribution >= 4 is 21.4 Å². The molecule has 0 aromatic heterocycles. The molecule has 0 atom stereocenters. The number of nitro groups is 1. The van der Waals surface area contributed by atoms with Crippen LogP contribution < -0.4 is 9.46 Å². The Balaban J connectivity index is 2.37. The molecule has 2 N–H and O–H groups in total. The van der Waals surface area contributed by atoms with E-state index in [0.717, 1.165) is 6.07 Å². The van der Waals surface area contributed by atoms with Crippen LogP contribution >= 0.6 is 0 Å². The Labute approximate surface area is 132 Å². The fourth-order valence-electron chi connectivity index (χ4n) is 1.92. The molecular formula is C14H14N2O6S. The van der Waals surface area contributed by atoms with E-state index in [2.05, 4.69) is 4.72 Å². The third kappa shape index (κ3) is 3.51. The summed E-state index contributed by atoms with van der Waals surface area (Å²) in [5.41, 5.74) is 0.174. The van der Waals surface area contributed by atoms with E-state index in [4.69, 9.17) is 4.74 Å². The van der Waals surface area contributed by atoms with E-state index in [1.165, 1.54) is 44.4 Å². The van der Waals surface area contributed by atoms with E-state index in [1.54, 1.807) is 0 Å². The molecule has 0 aliphatic rings. The van der Waals surface area contributed by atoms with E-state index in [9.17, 15) is 23.6 Å². The summed E-state index contributed by atoms with van der Waals surface area (Å²) in [5, 5.41) is 20.6. The molecule has 9 heteroatoms. The lowest BCUT2D eigenvalue weighted by atomic mass is 10.2. The van der Waals surface area contributed by atoms with E-state index >= 15 is 0 Å². The van der Waals surface area contributed by atoms with Gasteiger partial charge in [0.1, 0.15) is 0 Å². The number of nitro benzene ring substituents is 1. The number of aromatic hydroxyl groups is 1. The summed E-state index contributed by atoms with van der Waals surface area (Å²) in [4.78, 5) is 10.0. The SMILES string of the molecule is COc1ccc(NS(=O)(=O)c2ccc(C)c([N+](=O)[O-])c2)cc1O. The Kier molecular flexibility index (Phi) is 4.41. The number of aryl methyl sites for hydroxylation is 1. The molecule has 0 saturated heterocycles. The van der Waals surface area contributed by atoms with Gasteiger partial charge in [0.05, 0.1) is 22.6 Å². The van der Waals surface area contributed by atoms with Crippen LogP contribution in [0.25, 0.3) is 0 Å². The first-order valence-electron chi connectivity index (χ1n) is 6.39. The van der Waals surface area contributed by atoms with Crippen LogP contribution in [0.3, 0.4) is 0 Å². The molecule has 0 amide bonds. The van der Waals surface area contributed by atoms with Crippen LogP contribution in [0.5, 0.6) is 11.5 Å². The molecule has 2 rings (SSSR count). The maximum absolute atomic E-state index is 12.3. The second-order valence-corrected chi connectivity index (χ2v) is 6.38. The first kappa shape index (κ1) is 16.6. The van der Waals surface area contributed by atoms with Crippen molar-refractivity contribution in [2.75, 3.05) is 11.8 Å². The molecule has 0 aliphatic carbocycles. The van der Waals surface area contributed by atoms with Gasteiger partial charge in [-0.05, 0) is 25.1 Å². The maximum Gasteiger partial charge on any atom is 0.273 e. The normalized spacial score (nSPS) is 11.0. The van der Waals surface area contributed by atoms with Crippen molar-refractivity contribution in [3.63, 3.8) is 0 Å². The summed E-state index contributed by atoms with van der Waals surface area (Å²) in [7, 11) is -2.66. The van der Waals surface area contributed by atoms with Gasteiger partial charge in [0.15, 0.2) is 11.5 Å². The Morgan fingerprint density at radius 2 is 1.91 bits per heavy atom. The number of phenols is 1. The minimum Gasteiger partial charge on any atom is -0.504 e. The summed E-state index contributed by atoms with van der Waals surface area (Å²) in [6.45, 7) is 1.52. The van der Waals surface area contributed by atoms with Crippen LogP contribution in [-0.4, -0.2) is 25.6 Å². The zero-order valence-electron chi connectivity index (χ0n) is 12.3. The third-order valence-electron chi connectivity index (χ3n) is 3.12. The van der Waals surface area contributed by atoms with Crippen LogP contribution in [0.2, 0.25) is 0 Å². The second kappa shape index (κ2) is 6.13. The highest BCUT2D eigenvalue weighted by atomic mass is 32.2. The molecule has 0 bridgehead atoms. The number of sulfonamides is 1.